The predicted octanol–water partition coefficient (Wildman–Crippen LogP) is 1.65. The van der Waals surface area contributed by atoms with E-state index in [9.17, 15) is 4.79 Å². The highest BCUT2D eigenvalue weighted by atomic mass is 16.5. The summed E-state index contributed by atoms with van der Waals surface area (Å²) in [6.07, 6.45) is 3.76. The molecule has 1 amide bonds. The van der Waals surface area contributed by atoms with Crippen molar-refractivity contribution in [1.29, 1.82) is 0 Å². The second-order valence-corrected chi connectivity index (χ2v) is 5.30. The second-order valence-electron chi connectivity index (χ2n) is 5.30. The molecule has 114 valence electrons. The molecular formula is C15H17N5O2. The Hall–Kier alpha value is -2.70. The van der Waals surface area contributed by atoms with Crippen LogP contribution in [0.5, 0.6) is 0 Å². The number of rotatable bonds is 4. The van der Waals surface area contributed by atoms with Crippen molar-refractivity contribution in [3.63, 3.8) is 0 Å². The molecule has 0 unspecified atom stereocenters. The van der Waals surface area contributed by atoms with Gasteiger partial charge in [-0.15, -0.1) is 0 Å². The van der Waals surface area contributed by atoms with Gasteiger partial charge < -0.3 is 9.42 Å². The number of aryl methyl sites for hydroxylation is 2. The van der Waals surface area contributed by atoms with Gasteiger partial charge in [-0.25, -0.2) is 4.98 Å². The fraction of sp³-hybridized carbons (Fsp3) is 0.333. The minimum Gasteiger partial charge on any atom is -0.343 e. The van der Waals surface area contributed by atoms with Crippen LogP contribution in [0.25, 0.3) is 5.65 Å². The second kappa shape index (κ2) is 5.59. The van der Waals surface area contributed by atoms with Crippen LogP contribution in [-0.2, 0) is 6.42 Å². The maximum Gasteiger partial charge on any atom is 0.272 e. The van der Waals surface area contributed by atoms with E-state index in [1.54, 1.807) is 11.9 Å². The molecule has 0 N–H and O–H groups in total. The van der Waals surface area contributed by atoms with Crippen LogP contribution in [0.2, 0.25) is 0 Å². The van der Waals surface area contributed by atoms with Crippen LogP contribution in [0.15, 0.2) is 29.2 Å². The van der Waals surface area contributed by atoms with E-state index in [4.69, 9.17) is 4.52 Å². The molecule has 3 aromatic rings. The molecule has 0 fully saturated rings. The molecule has 0 aliphatic carbocycles. The first kappa shape index (κ1) is 14.2. The molecule has 0 saturated heterocycles. The van der Waals surface area contributed by atoms with Crippen molar-refractivity contribution in [1.82, 2.24) is 24.4 Å². The summed E-state index contributed by atoms with van der Waals surface area (Å²) in [6.45, 7) is 4.35. The molecule has 0 spiro atoms. The van der Waals surface area contributed by atoms with Gasteiger partial charge in [-0.2, -0.15) is 4.98 Å². The fourth-order valence-electron chi connectivity index (χ4n) is 2.38. The van der Waals surface area contributed by atoms with Crippen LogP contribution in [0, 0.1) is 13.8 Å². The number of carbonyl (C=O) groups excluding carboxylic acids is 1. The van der Waals surface area contributed by atoms with Gasteiger partial charge in [0.25, 0.3) is 5.91 Å². The normalized spacial score (nSPS) is 11.0. The average molecular weight is 299 g/mol. The van der Waals surface area contributed by atoms with E-state index in [0.717, 1.165) is 16.9 Å². The Morgan fingerprint density at radius 3 is 2.91 bits per heavy atom. The molecule has 3 heterocycles. The van der Waals surface area contributed by atoms with Gasteiger partial charge in [0.2, 0.25) is 6.39 Å². The number of hydrogen-bond acceptors (Lipinski definition) is 5. The number of nitrogens with zero attached hydrogens (tertiary/aromatic N) is 5. The van der Waals surface area contributed by atoms with Crippen LogP contribution in [-0.4, -0.2) is 43.9 Å². The van der Waals surface area contributed by atoms with Crippen molar-refractivity contribution in [2.75, 3.05) is 13.6 Å². The summed E-state index contributed by atoms with van der Waals surface area (Å²) in [6, 6.07) is 3.90. The first-order valence-electron chi connectivity index (χ1n) is 7.02. The smallest absolute Gasteiger partial charge is 0.272 e. The van der Waals surface area contributed by atoms with Gasteiger partial charge >= 0.3 is 0 Å². The zero-order valence-corrected chi connectivity index (χ0v) is 12.8. The third kappa shape index (κ3) is 2.57. The summed E-state index contributed by atoms with van der Waals surface area (Å²) in [5, 5.41) is 3.75. The number of likely N-dealkylation sites (N-methyl/N-ethyl adjacent to an activating group) is 1. The first-order valence-corrected chi connectivity index (χ1v) is 7.02. The van der Waals surface area contributed by atoms with Crippen molar-refractivity contribution in [3.8, 4) is 0 Å². The summed E-state index contributed by atoms with van der Waals surface area (Å²) in [5.74, 6) is 0.518. The summed E-state index contributed by atoms with van der Waals surface area (Å²) >= 11 is 0. The largest absolute Gasteiger partial charge is 0.343 e. The van der Waals surface area contributed by atoms with E-state index < -0.39 is 0 Å². The summed E-state index contributed by atoms with van der Waals surface area (Å²) in [4.78, 5) is 22.8. The molecule has 22 heavy (non-hydrogen) atoms. The number of fused-ring (bicyclic) bond motifs is 1. The van der Waals surface area contributed by atoms with Crippen LogP contribution < -0.4 is 0 Å². The molecule has 7 nitrogen and oxygen atoms in total. The van der Waals surface area contributed by atoms with Gasteiger partial charge in [0.1, 0.15) is 11.3 Å². The topological polar surface area (TPSA) is 76.5 Å². The summed E-state index contributed by atoms with van der Waals surface area (Å²) in [5.41, 5.74) is 3.17. The van der Waals surface area contributed by atoms with E-state index in [1.165, 1.54) is 6.39 Å². The average Bonchev–Trinajstić information content (AvgIpc) is 3.10. The minimum absolute atomic E-state index is 0.0703. The monoisotopic (exact) mass is 299 g/mol. The molecule has 0 saturated carbocycles. The van der Waals surface area contributed by atoms with E-state index in [1.807, 2.05) is 36.6 Å². The lowest BCUT2D eigenvalue weighted by Crippen LogP contribution is -2.30. The van der Waals surface area contributed by atoms with Crippen LogP contribution in [0.3, 0.4) is 0 Å². The SMILES string of the molecule is Cc1ccc2nc(C)c(C(=O)N(C)CCc3ncon3)n2c1. The Balaban J connectivity index is 1.84. The molecule has 0 aliphatic rings. The summed E-state index contributed by atoms with van der Waals surface area (Å²) < 4.78 is 6.54. The highest BCUT2D eigenvalue weighted by molar-refractivity contribution is 5.94. The Kier molecular flexibility index (Phi) is 3.62. The van der Waals surface area contributed by atoms with E-state index in [2.05, 4.69) is 15.1 Å². The number of hydrogen-bond donors (Lipinski definition) is 0. The first-order chi connectivity index (χ1) is 10.6. The Labute approximate surface area is 127 Å². The van der Waals surface area contributed by atoms with Gasteiger partial charge in [-0.1, -0.05) is 11.2 Å². The maximum atomic E-state index is 12.7. The molecule has 7 heteroatoms. The molecular weight excluding hydrogens is 282 g/mol. The highest BCUT2D eigenvalue weighted by Gasteiger charge is 2.20. The predicted molar refractivity (Wildman–Crippen MR) is 79.6 cm³/mol. The Morgan fingerprint density at radius 2 is 2.18 bits per heavy atom. The van der Waals surface area contributed by atoms with Crippen molar-refractivity contribution in [2.24, 2.45) is 0 Å². The van der Waals surface area contributed by atoms with E-state index in [0.29, 0.717) is 24.5 Å². The van der Waals surface area contributed by atoms with Gasteiger partial charge in [0, 0.05) is 26.2 Å². The number of carbonyl (C=O) groups is 1. The van der Waals surface area contributed by atoms with Crippen LogP contribution >= 0.6 is 0 Å². The number of amides is 1. The molecule has 0 aromatic carbocycles. The molecule has 3 aromatic heterocycles. The molecule has 0 radical (unpaired) electrons. The molecule has 3 rings (SSSR count). The highest BCUT2D eigenvalue weighted by Crippen LogP contribution is 2.15. The van der Waals surface area contributed by atoms with Crippen molar-refractivity contribution in [2.45, 2.75) is 20.3 Å². The lowest BCUT2D eigenvalue weighted by Gasteiger charge is -2.16. The van der Waals surface area contributed by atoms with Gasteiger partial charge in [-0.05, 0) is 25.5 Å². The van der Waals surface area contributed by atoms with Gasteiger partial charge in [-0.3, -0.25) is 9.20 Å². The van der Waals surface area contributed by atoms with E-state index in [-0.39, 0.29) is 5.91 Å². The molecule has 0 aliphatic heterocycles. The molecule has 0 atom stereocenters. The quantitative estimate of drug-likeness (QED) is 0.732. The van der Waals surface area contributed by atoms with Crippen molar-refractivity contribution >= 4 is 11.6 Å². The van der Waals surface area contributed by atoms with Crippen molar-refractivity contribution < 1.29 is 9.32 Å². The lowest BCUT2D eigenvalue weighted by molar-refractivity contribution is 0.0788. The van der Waals surface area contributed by atoms with E-state index >= 15 is 0 Å². The van der Waals surface area contributed by atoms with Gasteiger partial charge in [0.15, 0.2) is 5.82 Å². The zero-order valence-electron chi connectivity index (χ0n) is 12.8. The molecule has 0 bridgehead atoms. The zero-order chi connectivity index (χ0) is 15.7. The fourth-order valence-corrected chi connectivity index (χ4v) is 2.38. The Bertz CT molecular complexity index is 807. The van der Waals surface area contributed by atoms with Crippen LogP contribution in [0.1, 0.15) is 27.6 Å². The standard InChI is InChI=1S/C15H17N5O2/c1-10-4-5-13-17-11(2)14(20(13)8-10)15(21)19(3)7-6-12-16-9-22-18-12/h4-5,8-9H,6-7H2,1-3H3. The summed E-state index contributed by atoms with van der Waals surface area (Å²) in [7, 11) is 1.76. The maximum absolute atomic E-state index is 12.7. The van der Waals surface area contributed by atoms with Gasteiger partial charge in [0.05, 0.1) is 5.69 Å². The lowest BCUT2D eigenvalue weighted by atomic mass is 10.2. The third-order valence-electron chi connectivity index (χ3n) is 3.57. The number of pyridine rings is 1. The van der Waals surface area contributed by atoms with Crippen molar-refractivity contribution in [3.05, 3.63) is 47.5 Å². The Morgan fingerprint density at radius 1 is 1.36 bits per heavy atom. The van der Waals surface area contributed by atoms with Crippen LogP contribution in [0.4, 0.5) is 0 Å². The number of imidazole rings is 1. The number of aromatic nitrogens is 4. The third-order valence-corrected chi connectivity index (χ3v) is 3.57. The minimum atomic E-state index is -0.0703.